The molecule has 6 atom stereocenters. The SMILES string of the molecule is C=C1CC[C@H]2[C@@](C)(CC[C@H]3C(C)(C)[C@@H](OC(C)=O)CC[C@]23C)[C@@H]1CCC(O)=CC(C)=O. The molecule has 3 aliphatic carbocycles. The maximum absolute atomic E-state index is 11.7. The van der Waals surface area contributed by atoms with E-state index in [1.54, 1.807) is 0 Å². The molecule has 0 heterocycles. The van der Waals surface area contributed by atoms with Crippen molar-refractivity contribution in [1.29, 1.82) is 0 Å². The highest BCUT2D eigenvalue weighted by molar-refractivity contribution is 5.87. The number of aliphatic hydroxyl groups excluding tert-OH is 1. The number of allylic oxidation sites excluding steroid dienone is 3. The van der Waals surface area contributed by atoms with Crippen LogP contribution < -0.4 is 0 Å². The summed E-state index contributed by atoms with van der Waals surface area (Å²) in [5.74, 6) is 1.38. The molecular formula is C27H42O4. The molecule has 3 saturated carbocycles. The second kappa shape index (κ2) is 8.41. The number of esters is 1. The van der Waals surface area contributed by atoms with E-state index in [2.05, 4.69) is 34.3 Å². The maximum atomic E-state index is 11.7. The van der Waals surface area contributed by atoms with Crippen LogP contribution in [0.2, 0.25) is 0 Å². The van der Waals surface area contributed by atoms with Gasteiger partial charge in [-0.15, -0.1) is 0 Å². The molecule has 0 amide bonds. The third kappa shape index (κ3) is 4.24. The van der Waals surface area contributed by atoms with E-state index >= 15 is 0 Å². The van der Waals surface area contributed by atoms with Crippen molar-refractivity contribution in [2.75, 3.05) is 0 Å². The van der Waals surface area contributed by atoms with E-state index < -0.39 is 0 Å². The minimum absolute atomic E-state index is 0.00421. The Morgan fingerprint density at radius 3 is 2.32 bits per heavy atom. The summed E-state index contributed by atoms with van der Waals surface area (Å²) in [6, 6.07) is 0. The van der Waals surface area contributed by atoms with Crippen molar-refractivity contribution in [2.45, 2.75) is 99.0 Å². The zero-order chi connectivity index (χ0) is 23.2. The van der Waals surface area contributed by atoms with Gasteiger partial charge >= 0.3 is 5.97 Å². The fraction of sp³-hybridized carbons (Fsp3) is 0.778. The molecule has 0 aliphatic heterocycles. The Morgan fingerprint density at radius 2 is 1.71 bits per heavy atom. The molecule has 3 rings (SSSR count). The summed E-state index contributed by atoms with van der Waals surface area (Å²) >= 11 is 0. The normalized spacial score (nSPS) is 39.9. The van der Waals surface area contributed by atoms with Gasteiger partial charge in [0.05, 0.1) is 5.76 Å². The van der Waals surface area contributed by atoms with E-state index in [4.69, 9.17) is 4.74 Å². The lowest BCUT2D eigenvalue weighted by atomic mass is 9.38. The number of fused-ring (bicyclic) bond motifs is 3. The third-order valence-corrected chi connectivity index (χ3v) is 9.44. The molecule has 31 heavy (non-hydrogen) atoms. The van der Waals surface area contributed by atoms with Crippen LogP contribution in [0, 0.1) is 34.0 Å². The van der Waals surface area contributed by atoms with Crippen LogP contribution in [-0.2, 0) is 14.3 Å². The standard InChI is InChI=1S/C27H42O4/c1-17-8-11-23-26(6,21(17)10-9-20(30)16-18(2)28)14-12-22-25(4,5)24(31-19(3)29)13-15-27(22,23)7/h16,21-24,30H,1,8-15H2,2-7H3/t21-,22+,23+,24+,26+,27+/m1/s1. The third-order valence-electron chi connectivity index (χ3n) is 9.44. The van der Waals surface area contributed by atoms with Crippen LogP contribution in [0.1, 0.15) is 92.9 Å². The highest BCUT2D eigenvalue weighted by Gasteiger charge is 2.63. The lowest BCUT2D eigenvalue weighted by Crippen LogP contribution is -2.61. The summed E-state index contributed by atoms with van der Waals surface area (Å²) in [4.78, 5) is 23.0. The number of hydrogen-bond acceptors (Lipinski definition) is 4. The Kier molecular flexibility index (Phi) is 6.53. The molecule has 0 aromatic heterocycles. The Labute approximate surface area is 188 Å². The van der Waals surface area contributed by atoms with Crippen LogP contribution in [0.15, 0.2) is 24.0 Å². The van der Waals surface area contributed by atoms with Gasteiger partial charge in [0.1, 0.15) is 6.10 Å². The van der Waals surface area contributed by atoms with Crippen LogP contribution in [0.5, 0.6) is 0 Å². The van der Waals surface area contributed by atoms with Crippen LogP contribution in [0.3, 0.4) is 0 Å². The quantitative estimate of drug-likeness (QED) is 0.232. The predicted octanol–water partition coefficient (Wildman–Crippen LogP) is 6.55. The Hall–Kier alpha value is -1.58. The molecule has 3 aliphatic rings. The van der Waals surface area contributed by atoms with Gasteiger partial charge in [0.2, 0.25) is 0 Å². The minimum atomic E-state index is -0.172. The van der Waals surface area contributed by atoms with Gasteiger partial charge in [0.25, 0.3) is 0 Å². The monoisotopic (exact) mass is 430 g/mol. The number of hydrogen-bond donors (Lipinski definition) is 1. The van der Waals surface area contributed by atoms with E-state index in [9.17, 15) is 14.7 Å². The molecule has 4 heteroatoms. The number of rotatable bonds is 5. The average molecular weight is 431 g/mol. The Bertz CT molecular complexity index is 778. The molecule has 0 unspecified atom stereocenters. The summed E-state index contributed by atoms with van der Waals surface area (Å²) in [6.07, 6.45) is 9.22. The van der Waals surface area contributed by atoms with Gasteiger partial charge in [-0.25, -0.2) is 0 Å². The summed E-state index contributed by atoms with van der Waals surface area (Å²) < 4.78 is 5.78. The first-order valence-corrected chi connectivity index (χ1v) is 12.1. The Morgan fingerprint density at radius 1 is 1.06 bits per heavy atom. The number of ether oxygens (including phenoxy) is 1. The predicted molar refractivity (Wildman–Crippen MR) is 123 cm³/mol. The maximum Gasteiger partial charge on any atom is 0.302 e. The molecule has 0 bridgehead atoms. The minimum Gasteiger partial charge on any atom is -0.512 e. The van der Waals surface area contributed by atoms with E-state index in [0.717, 1.165) is 38.5 Å². The second-order valence-electron chi connectivity index (χ2n) is 11.6. The zero-order valence-electron chi connectivity index (χ0n) is 20.4. The van der Waals surface area contributed by atoms with E-state index in [0.29, 0.717) is 24.2 Å². The van der Waals surface area contributed by atoms with Gasteiger partial charge in [-0.05, 0) is 80.5 Å². The van der Waals surface area contributed by atoms with E-state index in [1.807, 2.05) is 0 Å². The fourth-order valence-electron chi connectivity index (χ4n) is 8.16. The first-order chi connectivity index (χ1) is 14.3. The number of carbonyl (C=O) groups is 2. The molecule has 0 spiro atoms. The average Bonchev–Trinajstić information content (AvgIpc) is 2.62. The van der Waals surface area contributed by atoms with Gasteiger partial charge in [-0.3, -0.25) is 9.59 Å². The smallest absolute Gasteiger partial charge is 0.302 e. The van der Waals surface area contributed by atoms with Gasteiger partial charge in [-0.2, -0.15) is 0 Å². The van der Waals surface area contributed by atoms with Gasteiger partial charge < -0.3 is 9.84 Å². The van der Waals surface area contributed by atoms with Crippen molar-refractivity contribution < 1.29 is 19.4 Å². The fourth-order valence-corrected chi connectivity index (χ4v) is 8.16. The first kappa shape index (κ1) is 24.1. The molecule has 0 aromatic rings. The van der Waals surface area contributed by atoms with Crippen molar-refractivity contribution in [3.8, 4) is 0 Å². The first-order valence-electron chi connectivity index (χ1n) is 12.1. The summed E-state index contributed by atoms with van der Waals surface area (Å²) in [5, 5.41) is 10.2. The number of aliphatic hydroxyl groups is 1. The number of carbonyl (C=O) groups excluding carboxylic acids is 2. The van der Waals surface area contributed by atoms with Crippen LogP contribution >= 0.6 is 0 Å². The van der Waals surface area contributed by atoms with Crippen molar-refractivity contribution in [3.05, 3.63) is 24.0 Å². The van der Waals surface area contributed by atoms with E-state index in [-0.39, 0.29) is 39.9 Å². The van der Waals surface area contributed by atoms with Crippen molar-refractivity contribution in [2.24, 2.45) is 34.0 Å². The lowest BCUT2D eigenvalue weighted by molar-refractivity contribution is -0.201. The largest absolute Gasteiger partial charge is 0.512 e. The summed E-state index contributed by atoms with van der Waals surface area (Å²) in [6.45, 7) is 17.0. The van der Waals surface area contributed by atoms with Crippen molar-refractivity contribution in [1.82, 2.24) is 0 Å². The molecule has 4 nitrogen and oxygen atoms in total. The summed E-state index contributed by atoms with van der Waals surface area (Å²) in [7, 11) is 0. The van der Waals surface area contributed by atoms with Crippen LogP contribution in [0.4, 0.5) is 0 Å². The highest BCUT2D eigenvalue weighted by atomic mass is 16.5. The topological polar surface area (TPSA) is 63.6 Å². The van der Waals surface area contributed by atoms with Gasteiger partial charge in [0.15, 0.2) is 5.78 Å². The van der Waals surface area contributed by atoms with E-state index in [1.165, 1.54) is 31.9 Å². The Balaban J connectivity index is 1.87. The van der Waals surface area contributed by atoms with Gasteiger partial charge in [0, 0.05) is 24.8 Å². The zero-order valence-corrected chi connectivity index (χ0v) is 20.4. The molecule has 0 radical (unpaired) electrons. The molecule has 0 aromatic carbocycles. The molecule has 174 valence electrons. The van der Waals surface area contributed by atoms with Gasteiger partial charge in [-0.1, -0.05) is 39.8 Å². The summed E-state index contributed by atoms with van der Waals surface area (Å²) in [5.41, 5.74) is 1.64. The number of ketones is 1. The van der Waals surface area contributed by atoms with Crippen molar-refractivity contribution >= 4 is 11.8 Å². The van der Waals surface area contributed by atoms with Crippen molar-refractivity contribution in [3.63, 3.8) is 0 Å². The molecule has 1 N–H and O–H groups in total. The van der Waals surface area contributed by atoms with Crippen LogP contribution in [0.25, 0.3) is 0 Å². The molecular weight excluding hydrogens is 388 g/mol. The lowest BCUT2D eigenvalue weighted by Gasteiger charge is -2.67. The highest BCUT2D eigenvalue weighted by Crippen LogP contribution is 2.69. The van der Waals surface area contributed by atoms with Crippen LogP contribution in [-0.4, -0.2) is 23.0 Å². The molecule has 3 fully saturated rings. The second-order valence-corrected chi connectivity index (χ2v) is 11.6. The molecule has 0 saturated heterocycles.